The van der Waals surface area contributed by atoms with Crippen molar-refractivity contribution in [3.05, 3.63) is 58.1 Å². The predicted molar refractivity (Wildman–Crippen MR) is 103 cm³/mol. The molecule has 1 aromatic carbocycles. The van der Waals surface area contributed by atoms with Crippen LogP contribution in [0.4, 0.5) is 0 Å². The molecule has 0 fully saturated rings. The molecule has 0 radical (unpaired) electrons. The van der Waals surface area contributed by atoms with Crippen LogP contribution in [0.25, 0.3) is 38.2 Å². The molecule has 0 saturated carbocycles. The van der Waals surface area contributed by atoms with E-state index in [1.807, 2.05) is 29.8 Å². The first-order valence-corrected chi connectivity index (χ1v) is 8.87. The van der Waals surface area contributed by atoms with E-state index >= 15 is 0 Å². The number of thiazole rings is 1. The maximum atomic E-state index is 13.1. The van der Waals surface area contributed by atoms with Gasteiger partial charge in [-0.25, -0.2) is 9.67 Å². The van der Waals surface area contributed by atoms with Gasteiger partial charge >= 0.3 is 0 Å². The van der Waals surface area contributed by atoms with Crippen molar-refractivity contribution in [1.29, 1.82) is 0 Å². The Morgan fingerprint density at radius 1 is 1.31 bits per heavy atom. The average Bonchev–Trinajstić information content (AvgIpc) is 3.34. The number of H-pyrrole nitrogens is 1. The molecular weight excluding hydrogens is 348 g/mol. The molecule has 128 valence electrons. The van der Waals surface area contributed by atoms with Crippen molar-refractivity contribution in [3.63, 3.8) is 0 Å². The molecule has 0 spiro atoms. The van der Waals surface area contributed by atoms with Crippen LogP contribution in [0, 0.1) is 0 Å². The first-order chi connectivity index (χ1) is 12.7. The van der Waals surface area contributed by atoms with E-state index in [0.717, 1.165) is 37.2 Å². The third-order valence-corrected chi connectivity index (χ3v) is 5.69. The molecule has 8 heteroatoms. The Bertz CT molecular complexity index is 1370. The summed E-state index contributed by atoms with van der Waals surface area (Å²) < 4.78 is 4.29. The smallest absolute Gasteiger partial charge is 0.291 e. The highest BCUT2D eigenvalue weighted by Crippen LogP contribution is 2.31. The number of aromatic amines is 1. The summed E-state index contributed by atoms with van der Waals surface area (Å²) in [5, 5.41) is 14.1. The van der Waals surface area contributed by atoms with Gasteiger partial charge in [0.25, 0.3) is 5.56 Å². The Balaban J connectivity index is 1.71. The quantitative estimate of drug-likeness (QED) is 0.535. The van der Waals surface area contributed by atoms with Crippen molar-refractivity contribution >= 4 is 49.6 Å². The Hall–Kier alpha value is -3.26. The molecule has 4 heterocycles. The van der Waals surface area contributed by atoms with E-state index in [4.69, 9.17) is 0 Å². The normalized spacial score (nSPS) is 11.7. The molecule has 0 bridgehead atoms. The molecule has 1 N–H and O–H groups in total. The molecule has 5 rings (SSSR count). The molecule has 0 aliphatic carbocycles. The molecule has 0 saturated heterocycles. The fourth-order valence-electron chi connectivity index (χ4n) is 3.33. The Kier molecular flexibility index (Phi) is 3.10. The first kappa shape index (κ1) is 15.0. The number of aromatic nitrogens is 6. The molecule has 26 heavy (non-hydrogen) atoms. The highest BCUT2D eigenvalue weighted by atomic mass is 32.1. The van der Waals surface area contributed by atoms with Crippen LogP contribution in [0.3, 0.4) is 0 Å². The van der Waals surface area contributed by atoms with Crippen molar-refractivity contribution in [2.24, 2.45) is 7.05 Å². The van der Waals surface area contributed by atoms with Gasteiger partial charge in [0.1, 0.15) is 10.5 Å². The van der Waals surface area contributed by atoms with Gasteiger partial charge in [0.2, 0.25) is 0 Å². The fraction of sp³-hybridized carbons (Fsp3) is 0.111. The number of hydrogen-bond acceptors (Lipinski definition) is 5. The molecule has 0 amide bonds. The molecule has 7 nitrogen and oxygen atoms in total. The largest absolute Gasteiger partial charge is 0.323 e. The SMILES string of the molecule is C=Cc1nc2c(s1)c1cnn(Cc3cccc4[nH]ncc34)c(=O)c1n2C. The lowest BCUT2D eigenvalue weighted by molar-refractivity contribution is 0.647. The van der Waals surface area contributed by atoms with Crippen LogP contribution in [-0.2, 0) is 13.6 Å². The second-order valence-corrected chi connectivity index (χ2v) is 7.12. The lowest BCUT2D eigenvalue weighted by atomic mass is 10.1. The maximum absolute atomic E-state index is 13.1. The third-order valence-electron chi connectivity index (χ3n) is 4.61. The van der Waals surface area contributed by atoms with Crippen molar-refractivity contribution in [3.8, 4) is 0 Å². The second-order valence-electron chi connectivity index (χ2n) is 6.09. The number of benzene rings is 1. The zero-order valence-electron chi connectivity index (χ0n) is 13.9. The molecule has 4 aromatic heterocycles. The van der Waals surface area contributed by atoms with E-state index in [9.17, 15) is 4.79 Å². The van der Waals surface area contributed by atoms with Crippen LogP contribution in [0.15, 0.2) is 42.0 Å². The second kappa shape index (κ2) is 5.37. The number of hydrogen-bond donors (Lipinski definition) is 1. The van der Waals surface area contributed by atoms with E-state index in [1.165, 1.54) is 16.0 Å². The Morgan fingerprint density at radius 2 is 2.19 bits per heavy atom. The minimum absolute atomic E-state index is 0.129. The number of fused-ring (bicyclic) bond motifs is 4. The van der Waals surface area contributed by atoms with E-state index in [-0.39, 0.29) is 5.56 Å². The van der Waals surface area contributed by atoms with Crippen LogP contribution in [0.1, 0.15) is 10.6 Å². The van der Waals surface area contributed by atoms with Gasteiger partial charge in [0.15, 0.2) is 5.65 Å². The number of rotatable bonds is 3. The predicted octanol–water partition coefficient (Wildman–Crippen LogP) is 2.91. The van der Waals surface area contributed by atoms with E-state index in [0.29, 0.717) is 12.1 Å². The average molecular weight is 362 g/mol. The minimum Gasteiger partial charge on any atom is -0.323 e. The van der Waals surface area contributed by atoms with E-state index in [2.05, 4.69) is 26.9 Å². The molecule has 0 aliphatic heterocycles. The van der Waals surface area contributed by atoms with Crippen LogP contribution in [-0.4, -0.2) is 29.5 Å². The van der Waals surface area contributed by atoms with Crippen LogP contribution in [0.5, 0.6) is 0 Å². The maximum Gasteiger partial charge on any atom is 0.291 e. The van der Waals surface area contributed by atoms with Gasteiger partial charge in [0, 0.05) is 17.8 Å². The highest BCUT2D eigenvalue weighted by molar-refractivity contribution is 7.20. The number of nitrogens with one attached hydrogen (secondary N) is 1. The van der Waals surface area contributed by atoms with Crippen molar-refractivity contribution < 1.29 is 0 Å². The van der Waals surface area contributed by atoms with Crippen LogP contribution in [0.2, 0.25) is 0 Å². The van der Waals surface area contributed by atoms with Gasteiger partial charge in [-0.05, 0) is 17.7 Å². The zero-order valence-corrected chi connectivity index (χ0v) is 14.7. The standard InChI is InChI=1S/C18H14N6OS/c1-3-14-21-17-16(26-14)12-8-20-24(18(25)15(12)23(17)2)9-10-5-4-6-13-11(10)7-19-22-13/h3-8H,1,9H2,2H3,(H,19,22). The lowest BCUT2D eigenvalue weighted by Crippen LogP contribution is -2.24. The van der Waals surface area contributed by atoms with Gasteiger partial charge in [0.05, 0.1) is 29.2 Å². The van der Waals surface area contributed by atoms with Gasteiger partial charge in [-0.2, -0.15) is 10.2 Å². The molecular formula is C18H14N6OS. The zero-order chi connectivity index (χ0) is 17.8. The topological polar surface area (TPSA) is 81.4 Å². The van der Waals surface area contributed by atoms with Crippen molar-refractivity contribution in [2.45, 2.75) is 6.54 Å². The van der Waals surface area contributed by atoms with Gasteiger partial charge in [-0.1, -0.05) is 18.7 Å². The Morgan fingerprint density at radius 3 is 3.04 bits per heavy atom. The van der Waals surface area contributed by atoms with Crippen LogP contribution >= 0.6 is 11.3 Å². The van der Waals surface area contributed by atoms with E-state index < -0.39 is 0 Å². The number of nitrogens with zero attached hydrogens (tertiary/aromatic N) is 5. The van der Waals surface area contributed by atoms with Gasteiger partial charge in [-0.15, -0.1) is 11.3 Å². The first-order valence-electron chi connectivity index (χ1n) is 8.06. The Labute approximate surface area is 151 Å². The van der Waals surface area contributed by atoms with E-state index in [1.54, 1.807) is 18.5 Å². The summed E-state index contributed by atoms with van der Waals surface area (Å²) in [5.41, 5.74) is 3.21. The lowest BCUT2D eigenvalue weighted by Gasteiger charge is -2.06. The van der Waals surface area contributed by atoms with Crippen molar-refractivity contribution in [1.82, 2.24) is 29.5 Å². The molecule has 5 aromatic rings. The van der Waals surface area contributed by atoms with Crippen LogP contribution < -0.4 is 5.56 Å². The minimum atomic E-state index is -0.129. The summed E-state index contributed by atoms with van der Waals surface area (Å²) in [6.07, 6.45) is 5.24. The summed E-state index contributed by atoms with van der Waals surface area (Å²) in [7, 11) is 1.86. The van der Waals surface area contributed by atoms with Gasteiger partial charge < -0.3 is 4.57 Å². The summed E-state index contributed by atoms with van der Waals surface area (Å²) in [6.45, 7) is 4.15. The third kappa shape index (κ3) is 1.99. The molecule has 0 atom stereocenters. The monoisotopic (exact) mass is 362 g/mol. The summed E-state index contributed by atoms with van der Waals surface area (Å²) in [4.78, 5) is 17.6. The number of aryl methyl sites for hydroxylation is 1. The summed E-state index contributed by atoms with van der Waals surface area (Å²) >= 11 is 1.52. The summed E-state index contributed by atoms with van der Waals surface area (Å²) in [5.74, 6) is 0. The van der Waals surface area contributed by atoms with Gasteiger partial charge in [-0.3, -0.25) is 9.89 Å². The molecule has 0 unspecified atom stereocenters. The summed E-state index contributed by atoms with van der Waals surface area (Å²) in [6, 6.07) is 5.88. The fourth-order valence-corrected chi connectivity index (χ4v) is 4.29. The van der Waals surface area contributed by atoms with Crippen molar-refractivity contribution in [2.75, 3.05) is 0 Å². The molecule has 0 aliphatic rings. The highest BCUT2D eigenvalue weighted by Gasteiger charge is 2.17.